The molecule has 0 N–H and O–H groups in total. The van der Waals surface area contributed by atoms with Gasteiger partial charge in [0.1, 0.15) is 0 Å². The lowest BCUT2D eigenvalue weighted by atomic mass is 10.2. The number of furan rings is 1. The number of carbonyl (C=O) groups excluding carboxylic acids is 3. The van der Waals surface area contributed by atoms with Gasteiger partial charge in [-0.2, -0.15) is 5.26 Å². The number of anilines is 1. The Morgan fingerprint density at radius 3 is 2.30 bits per heavy atom. The van der Waals surface area contributed by atoms with E-state index < -0.39 is 0 Å². The lowest BCUT2D eigenvalue weighted by Crippen LogP contribution is -2.50. The summed E-state index contributed by atoms with van der Waals surface area (Å²) in [6.45, 7) is 2.00. The lowest BCUT2D eigenvalue weighted by molar-refractivity contribution is -0.134. The Kier molecular flexibility index (Phi) is 7.22. The van der Waals surface area contributed by atoms with Crippen LogP contribution in [0.4, 0.5) is 5.69 Å². The Hall–Kier alpha value is -3.60. The highest BCUT2D eigenvalue weighted by molar-refractivity contribution is 5.95. The standard InChI is InChI=1S/C22H24N4O4/c23-11-5-12-26(18-6-2-1-3-7-18)21(28)10-9-20(27)24-13-15-25(16-14-24)22(29)19-8-4-17-30-19/h1-4,6-8,17H,5,9-10,12-16H2. The molecule has 1 aromatic carbocycles. The van der Waals surface area contributed by atoms with Crippen molar-refractivity contribution in [2.75, 3.05) is 37.6 Å². The predicted molar refractivity (Wildman–Crippen MR) is 109 cm³/mol. The summed E-state index contributed by atoms with van der Waals surface area (Å²) in [5.41, 5.74) is 0.718. The molecular formula is C22H24N4O4. The molecule has 0 atom stereocenters. The number of rotatable bonds is 7. The number of nitriles is 1. The molecule has 2 heterocycles. The molecule has 1 aliphatic rings. The number of hydrogen-bond acceptors (Lipinski definition) is 5. The molecule has 0 aliphatic carbocycles. The summed E-state index contributed by atoms with van der Waals surface area (Å²) in [7, 11) is 0. The second-order valence-electron chi connectivity index (χ2n) is 6.94. The maximum absolute atomic E-state index is 12.7. The molecule has 8 heteroatoms. The van der Waals surface area contributed by atoms with Crippen LogP contribution in [0.3, 0.4) is 0 Å². The van der Waals surface area contributed by atoms with Crippen molar-refractivity contribution in [3.05, 3.63) is 54.5 Å². The maximum atomic E-state index is 12.7. The summed E-state index contributed by atoms with van der Waals surface area (Å²) in [5.74, 6) is -0.185. The SMILES string of the molecule is N#CCCN(C(=O)CCC(=O)N1CCN(C(=O)c2ccco2)CC1)c1ccccc1. The first-order chi connectivity index (χ1) is 14.6. The zero-order chi connectivity index (χ0) is 21.3. The van der Waals surface area contributed by atoms with Crippen LogP contribution in [-0.2, 0) is 9.59 Å². The van der Waals surface area contributed by atoms with Gasteiger partial charge in [0.25, 0.3) is 5.91 Å². The fraction of sp³-hybridized carbons (Fsp3) is 0.364. The van der Waals surface area contributed by atoms with Crippen LogP contribution >= 0.6 is 0 Å². The molecule has 3 amide bonds. The van der Waals surface area contributed by atoms with Crippen molar-refractivity contribution in [2.45, 2.75) is 19.3 Å². The second kappa shape index (κ2) is 10.3. The Bertz CT molecular complexity index is 897. The van der Waals surface area contributed by atoms with E-state index in [2.05, 4.69) is 6.07 Å². The third-order valence-electron chi connectivity index (χ3n) is 5.02. The van der Waals surface area contributed by atoms with E-state index in [1.807, 2.05) is 30.3 Å². The van der Waals surface area contributed by atoms with Crippen LogP contribution in [0.1, 0.15) is 29.8 Å². The summed E-state index contributed by atoms with van der Waals surface area (Å²) in [6.07, 6.45) is 1.85. The molecule has 1 saturated heterocycles. The first-order valence-corrected chi connectivity index (χ1v) is 9.93. The summed E-state index contributed by atoms with van der Waals surface area (Å²) in [5, 5.41) is 8.87. The smallest absolute Gasteiger partial charge is 0.289 e. The third-order valence-corrected chi connectivity index (χ3v) is 5.02. The van der Waals surface area contributed by atoms with Gasteiger partial charge in [-0.1, -0.05) is 18.2 Å². The number of para-hydroxylation sites is 1. The molecule has 0 saturated carbocycles. The minimum Gasteiger partial charge on any atom is -0.459 e. The molecule has 1 fully saturated rings. The molecule has 8 nitrogen and oxygen atoms in total. The van der Waals surface area contributed by atoms with Crippen LogP contribution in [0.15, 0.2) is 53.1 Å². The van der Waals surface area contributed by atoms with Crippen LogP contribution in [0.2, 0.25) is 0 Å². The Morgan fingerprint density at radius 2 is 1.67 bits per heavy atom. The first-order valence-electron chi connectivity index (χ1n) is 9.93. The van der Waals surface area contributed by atoms with Crippen LogP contribution in [-0.4, -0.2) is 60.2 Å². The van der Waals surface area contributed by atoms with Gasteiger partial charge >= 0.3 is 0 Å². The zero-order valence-electron chi connectivity index (χ0n) is 16.7. The van der Waals surface area contributed by atoms with E-state index in [-0.39, 0.29) is 37.0 Å². The molecule has 1 aliphatic heterocycles. The summed E-state index contributed by atoms with van der Waals surface area (Å²) >= 11 is 0. The molecule has 1 aromatic heterocycles. The average molecular weight is 408 g/mol. The van der Waals surface area contributed by atoms with E-state index in [9.17, 15) is 14.4 Å². The maximum Gasteiger partial charge on any atom is 0.289 e. The molecule has 2 aromatic rings. The van der Waals surface area contributed by atoms with Crippen molar-refractivity contribution in [3.8, 4) is 6.07 Å². The minimum absolute atomic E-state index is 0.0741. The van der Waals surface area contributed by atoms with Gasteiger partial charge in [-0.15, -0.1) is 0 Å². The highest BCUT2D eigenvalue weighted by Crippen LogP contribution is 2.16. The van der Waals surface area contributed by atoms with Gasteiger partial charge in [0, 0.05) is 51.3 Å². The van der Waals surface area contributed by atoms with Gasteiger partial charge in [0.05, 0.1) is 18.8 Å². The van der Waals surface area contributed by atoms with E-state index in [0.29, 0.717) is 38.5 Å². The Labute approximate surface area is 175 Å². The minimum atomic E-state index is -0.184. The van der Waals surface area contributed by atoms with Crippen molar-refractivity contribution in [3.63, 3.8) is 0 Å². The van der Waals surface area contributed by atoms with Gasteiger partial charge in [-0.25, -0.2) is 0 Å². The highest BCUT2D eigenvalue weighted by Gasteiger charge is 2.26. The van der Waals surface area contributed by atoms with Crippen LogP contribution in [0.25, 0.3) is 0 Å². The first kappa shape index (κ1) is 21.1. The van der Waals surface area contributed by atoms with Crippen molar-refractivity contribution < 1.29 is 18.8 Å². The molecule has 30 heavy (non-hydrogen) atoms. The lowest BCUT2D eigenvalue weighted by Gasteiger charge is -2.34. The van der Waals surface area contributed by atoms with Gasteiger partial charge < -0.3 is 19.1 Å². The largest absolute Gasteiger partial charge is 0.459 e. The van der Waals surface area contributed by atoms with E-state index in [1.165, 1.54) is 6.26 Å². The summed E-state index contributed by atoms with van der Waals surface area (Å²) in [6, 6.07) is 14.5. The van der Waals surface area contributed by atoms with Crippen molar-refractivity contribution in [2.24, 2.45) is 0 Å². The quantitative estimate of drug-likeness (QED) is 0.700. The van der Waals surface area contributed by atoms with Crippen molar-refractivity contribution >= 4 is 23.4 Å². The number of amides is 3. The van der Waals surface area contributed by atoms with E-state index in [1.54, 1.807) is 26.8 Å². The number of carbonyl (C=O) groups is 3. The van der Waals surface area contributed by atoms with Crippen LogP contribution < -0.4 is 4.90 Å². The van der Waals surface area contributed by atoms with Crippen LogP contribution in [0, 0.1) is 11.3 Å². The molecule has 0 radical (unpaired) electrons. The molecule has 0 spiro atoms. The third kappa shape index (κ3) is 5.26. The predicted octanol–water partition coefficient (Wildman–Crippen LogP) is 2.29. The van der Waals surface area contributed by atoms with E-state index >= 15 is 0 Å². The normalized spacial score (nSPS) is 13.6. The zero-order valence-corrected chi connectivity index (χ0v) is 16.7. The van der Waals surface area contributed by atoms with E-state index in [0.717, 1.165) is 5.69 Å². The van der Waals surface area contributed by atoms with Gasteiger partial charge in [0.15, 0.2) is 5.76 Å². The van der Waals surface area contributed by atoms with Gasteiger partial charge in [-0.05, 0) is 24.3 Å². The molecule has 0 bridgehead atoms. The topological polar surface area (TPSA) is 97.9 Å². The van der Waals surface area contributed by atoms with E-state index in [4.69, 9.17) is 9.68 Å². The monoisotopic (exact) mass is 408 g/mol. The molecule has 0 unspecified atom stereocenters. The Morgan fingerprint density at radius 1 is 0.967 bits per heavy atom. The second-order valence-corrected chi connectivity index (χ2v) is 6.94. The number of piperazine rings is 1. The summed E-state index contributed by atoms with van der Waals surface area (Å²) < 4.78 is 5.14. The molecule has 156 valence electrons. The number of nitrogens with zero attached hydrogens (tertiary/aromatic N) is 4. The fourth-order valence-electron chi connectivity index (χ4n) is 3.39. The van der Waals surface area contributed by atoms with Crippen molar-refractivity contribution in [1.82, 2.24) is 9.80 Å². The number of benzene rings is 1. The van der Waals surface area contributed by atoms with Gasteiger partial charge in [-0.3, -0.25) is 14.4 Å². The molecule has 3 rings (SSSR count). The Balaban J connectivity index is 1.49. The summed E-state index contributed by atoms with van der Waals surface area (Å²) in [4.78, 5) is 42.5. The average Bonchev–Trinajstić information content (AvgIpc) is 3.33. The van der Waals surface area contributed by atoms with Crippen LogP contribution in [0.5, 0.6) is 0 Å². The van der Waals surface area contributed by atoms with Crippen molar-refractivity contribution in [1.29, 1.82) is 5.26 Å². The number of hydrogen-bond donors (Lipinski definition) is 0. The van der Waals surface area contributed by atoms with Gasteiger partial charge in [0.2, 0.25) is 11.8 Å². The fourth-order valence-corrected chi connectivity index (χ4v) is 3.39. The highest BCUT2D eigenvalue weighted by atomic mass is 16.3. The molecular weight excluding hydrogens is 384 g/mol.